The minimum atomic E-state index is -0.455. The molecule has 0 aliphatic heterocycles. The summed E-state index contributed by atoms with van der Waals surface area (Å²) >= 11 is 0. The molecule has 6 nitrogen and oxygen atoms in total. The highest BCUT2D eigenvalue weighted by Gasteiger charge is 2.18. The summed E-state index contributed by atoms with van der Waals surface area (Å²) in [6.45, 7) is 6.53. The zero-order valence-electron chi connectivity index (χ0n) is 16.5. The van der Waals surface area contributed by atoms with Crippen LogP contribution in [0.4, 0.5) is 0 Å². The first-order chi connectivity index (χ1) is 13.4. The first-order valence-electron chi connectivity index (χ1n) is 9.07. The van der Waals surface area contributed by atoms with Crippen molar-refractivity contribution in [1.82, 2.24) is 9.88 Å². The van der Waals surface area contributed by atoms with Crippen molar-refractivity contribution in [3.05, 3.63) is 82.1 Å². The van der Waals surface area contributed by atoms with Crippen molar-refractivity contribution in [3.63, 3.8) is 0 Å². The van der Waals surface area contributed by atoms with Gasteiger partial charge in [0.1, 0.15) is 17.1 Å². The molecular weight excluding hydrogens is 356 g/mol. The lowest BCUT2D eigenvalue weighted by molar-refractivity contribution is 0.0598. The Morgan fingerprint density at radius 2 is 1.79 bits per heavy atom. The number of aryl methyl sites for hydroxylation is 2. The number of carbonyl (C=O) groups is 2. The maximum absolute atomic E-state index is 12.7. The van der Waals surface area contributed by atoms with Crippen molar-refractivity contribution in [1.29, 1.82) is 0 Å². The fraction of sp³-hybridized carbons (Fsp3) is 0.273. The minimum absolute atomic E-state index is 0.180. The molecule has 0 saturated carbocycles. The fourth-order valence-corrected chi connectivity index (χ4v) is 3.25. The van der Waals surface area contributed by atoms with Gasteiger partial charge < -0.3 is 19.0 Å². The maximum Gasteiger partial charge on any atom is 0.341 e. The number of hydrogen-bond donors (Lipinski definition) is 1. The highest BCUT2D eigenvalue weighted by atomic mass is 16.5. The van der Waals surface area contributed by atoms with E-state index in [1.807, 2.05) is 38.1 Å². The molecule has 1 aromatic carbocycles. The third-order valence-corrected chi connectivity index (χ3v) is 4.80. The maximum atomic E-state index is 12.7. The molecule has 3 aromatic rings. The van der Waals surface area contributed by atoms with Crippen LogP contribution in [0, 0.1) is 20.8 Å². The number of methoxy groups -OCH3 is 1. The topological polar surface area (TPSA) is 73.5 Å². The molecule has 2 heterocycles. The smallest absolute Gasteiger partial charge is 0.341 e. The summed E-state index contributed by atoms with van der Waals surface area (Å²) in [6.07, 6.45) is 0. The molecule has 6 heteroatoms. The third-order valence-electron chi connectivity index (χ3n) is 4.80. The molecule has 3 rings (SSSR count). The Labute approximate surface area is 164 Å². The molecule has 0 bridgehead atoms. The molecule has 28 heavy (non-hydrogen) atoms. The predicted molar refractivity (Wildman–Crippen MR) is 105 cm³/mol. The number of benzene rings is 1. The van der Waals surface area contributed by atoms with Gasteiger partial charge >= 0.3 is 5.97 Å². The quantitative estimate of drug-likeness (QED) is 0.661. The summed E-state index contributed by atoms with van der Waals surface area (Å²) in [5, 5.41) is 2.86. The summed E-state index contributed by atoms with van der Waals surface area (Å²) in [5.74, 6) is 0.339. The number of rotatable bonds is 6. The standard InChI is InChI=1S/C22H24N2O4/c1-14-10-19(15(2)24(14)13-17-8-6-5-7-9-17)21(25)23-12-18-11-20(16(3)28-18)22(26)27-4/h5-11H,12-13H2,1-4H3,(H,23,25). The van der Waals surface area contributed by atoms with Crippen LogP contribution >= 0.6 is 0 Å². The van der Waals surface area contributed by atoms with Gasteiger partial charge in [0.2, 0.25) is 0 Å². The summed E-state index contributed by atoms with van der Waals surface area (Å²) in [7, 11) is 1.32. The highest BCUT2D eigenvalue weighted by Crippen LogP contribution is 2.19. The number of nitrogens with one attached hydrogen (secondary N) is 1. The molecule has 1 N–H and O–H groups in total. The van der Waals surface area contributed by atoms with Crippen LogP contribution in [-0.4, -0.2) is 23.6 Å². The van der Waals surface area contributed by atoms with Gasteiger partial charge in [-0.05, 0) is 38.5 Å². The number of furan rings is 1. The van der Waals surface area contributed by atoms with E-state index in [-0.39, 0.29) is 12.5 Å². The van der Waals surface area contributed by atoms with Gasteiger partial charge in [-0.25, -0.2) is 4.79 Å². The molecule has 0 aliphatic carbocycles. The van der Waals surface area contributed by atoms with Crippen LogP contribution < -0.4 is 5.32 Å². The number of esters is 1. The average Bonchev–Trinajstić information content (AvgIpc) is 3.20. The number of amides is 1. The lowest BCUT2D eigenvalue weighted by Gasteiger charge is -2.10. The first kappa shape index (κ1) is 19.5. The van der Waals surface area contributed by atoms with Gasteiger partial charge in [0.25, 0.3) is 5.91 Å². The van der Waals surface area contributed by atoms with E-state index in [1.54, 1.807) is 13.0 Å². The number of hydrogen-bond acceptors (Lipinski definition) is 4. The number of ether oxygens (including phenoxy) is 1. The van der Waals surface area contributed by atoms with Crippen LogP contribution in [0.5, 0.6) is 0 Å². The van der Waals surface area contributed by atoms with E-state index in [1.165, 1.54) is 12.7 Å². The summed E-state index contributed by atoms with van der Waals surface area (Å²) in [6, 6.07) is 13.6. The van der Waals surface area contributed by atoms with Gasteiger partial charge in [0.05, 0.1) is 19.2 Å². The van der Waals surface area contributed by atoms with E-state index in [9.17, 15) is 9.59 Å². The van der Waals surface area contributed by atoms with E-state index in [0.29, 0.717) is 29.2 Å². The second-order valence-corrected chi connectivity index (χ2v) is 6.71. The molecule has 0 spiro atoms. The Morgan fingerprint density at radius 3 is 2.46 bits per heavy atom. The summed E-state index contributed by atoms with van der Waals surface area (Å²) in [4.78, 5) is 24.4. The molecule has 0 unspecified atom stereocenters. The van der Waals surface area contributed by atoms with Crippen LogP contribution in [0.1, 0.15) is 49.2 Å². The molecular formula is C22H24N2O4. The predicted octanol–water partition coefficient (Wildman–Crippen LogP) is 3.77. The lowest BCUT2D eigenvalue weighted by atomic mass is 10.2. The second kappa shape index (κ2) is 8.17. The molecule has 0 saturated heterocycles. The zero-order chi connectivity index (χ0) is 20.3. The van der Waals surface area contributed by atoms with Crippen LogP contribution in [0.15, 0.2) is 46.9 Å². The Morgan fingerprint density at radius 1 is 1.07 bits per heavy atom. The van der Waals surface area contributed by atoms with Crippen LogP contribution in [0.2, 0.25) is 0 Å². The molecule has 0 aliphatic rings. The SMILES string of the molecule is COC(=O)c1cc(CNC(=O)c2cc(C)n(Cc3ccccc3)c2C)oc1C. The monoisotopic (exact) mass is 380 g/mol. The summed E-state index contributed by atoms with van der Waals surface area (Å²) in [5.41, 5.74) is 4.10. The molecule has 0 atom stereocenters. The Balaban J connectivity index is 1.71. The number of carbonyl (C=O) groups excluding carboxylic acids is 2. The lowest BCUT2D eigenvalue weighted by Crippen LogP contribution is -2.23. The van der Waals surface area contributed by atoms with Crippen molar-refractivity contribution in [2.45, 2.75) is 33.9 Å². The van der Waals surface area contributed by atoms with Crippen molar-refractivity contribution in [2.24, 2.45) is 0 Å². The molecule has 1 amide bonds. The van der Waals surface area contributed by atoms with Gasteiger partial charge in [0, 0.05) is 17.9 Å². The Bertz CT molecular complexity index is 999. The third kappa shape index (κ3) is 4.01. The number of nitrogens with zero attached hydrogens (tertiary/aromatic N) is 1. The van der Waals surface area contributed by atoms with E-state index < -0.39 is 5.97 Å². The van der Waals surface area contributed by atoms with Gasteiger partial charge in [-0.2, -0.15) is 0 Å². The van der Waals surface area contributed by atoms with Crippen molar-refractivity contribution >= 4 is 11.9 Å². The zero-order valence-corrected chi connectivity index (χ0v) is 16.5. The van der Waals surface area contributed by atoms with Crippen LogP contribution in [0.3, 0.4) is 0 Å². The normalized spacial score (nSPS) is 10.7. The highest BCUT2D eigenvalue weighted by molar-refractivity contribution is 5.95. The largest absolute Gasteiger partial charge is 0.465 e. The molecule has 2 aromatic heterocycles. The first-order valence-corrected chi connectivity index (χ1v) is 9.07. The van der Waals surface area contributed by atoms with Gasteiger partial charge in [-0.1, -0.05) is 30.3 Å². The molecule has 0 fully saturated rings. The van der Waals surface area contributed by atoms with Gasteiger partial charge in [-0.3, -0.25) is 4.79 Å². The fourth-order valence-electron chi connectivity index (χ4n) is 3.25. The Kier molecular flexibility index (Phi) is 5.68. The van der Waals surface area contributed by atoms with Gasteiger partial charge in [-0.15, -0.1) is 0 Å². The Hall–Kier alpha value is -3.28. The van der Waals surface area contributed by atoms with Crippen molar-refractivity contribution < 1.29 is 18.7 Å². The average molecular weight is 380 g/mol. The van der Waals surface area contributed by atoms with E-state index in [4.69, 9.17) is 9.15 Å². The van der Waals surface area contributed by atoms with E-state index in [0.717, 1.165) is 11.4 Å². The molecule has 0 radical (unpaired) electrons. The van der Waals surface area contributed by atoms with Crippen molar-refractivity contribution in [3.8, 4) is 0 Å². The van der Waals surface area contributed by atoms with E-state index >= 15 is 0 Å². The van der Waals surface area contributed by atoms with E-state index in [2.05, 4.69) is 22.0 Å². The van der Waals surface area contributed by atoms with Gasteiger partial charge in [0.15, 0.2) is 0 Å². The second-order valence-electron chi connectivity index (χ2n) is 6.71. The van der Waals surface area contributed by atoms with Crippen LogP contribution in [0.25, 0.3) is 0 Å². The summed E-state index contributed by atoms with van der Waals surface area (Å²) < 4.78 is 12.4. The minimum Gasteiger partial charge on any atom is -0.465 e. The van der Waals surface area contributed by atoms with Crippen LogP contribution in [-0.2, 0) is 17.8 Å². The molecule has 146 valence electrons. The van der Waals surface area contributed by atoms with Crippen molar-refractivity contribution in [2.75, 3.05) is 7.11 Å². The number of aromatic nitrogens is 1.